The van der Waals surface area contributed by atoms with Crippen LogP contribution in [0.5, 0.6) is 0 Å². The molecule has 0 bridgehead atoms. The molecule has 4 rings (SSSR count). The molecule has 1 saturated carbocycles. The fraction of sp³-hybridized carbons (Fsp3) is 0.412. The molecule has 0 spiro atoms. The van der Waals surface area contributed by atoms with Gasteiger partial charge in [-0.3, -0.25) is 0 Å². The minimum Gasteiger partial charge on any atom is -0.307 e. The van der Waals surface area contributed by atoms with Crippen LogP contribution in [0.3, 0.4) is 0 Å². The van der Waals surface area contributed by atoms with E-state index in [1.54, 1.807) is 11.1 Å². The summed E-state index contributed by atoms with van der Waals surface area (Å²) in [6, 6.07) is 7.52. The van der Waals surface area contributed by atoms with Gasteiger partial charge in [-0.1, -0.05) is 35.9 Å². The normalized spacial score (nSPS) is 32.4. The predicted molar refractivity (Wildman–Crippen MR) is 75.4 cm³/mol. The highest BCUT2D eigenvalue weighted by Crippen LogP contribution is 2.56. The summed E-state index contributed by atoms with van der Waals surface area (Å²) in [5, 5.41) is 3.44. The van der Waals surface area contributed by atoms with E-state index in [1.165, 1.54) is 29.7 Å². The van der Waals surface area contributed by atoms with Crippen LogP contribution < -0.4 is 5.32 Å². The molecule has 1 heterocycles. The summed E-state index contributed by atoms with van der Waals surface area (Å²) in [5.41, 5.74) is 7.49. The molecule has 1 aromatic carbocycles. The summed E-state index contributed by atoms with van der Waals surface area (Å²) in [4.78, 5) is 0. The Balaban J connectivity index is 1.75. The molecule has 3 atom stereocenters. The van der Waals surface area contributed by atoms with E-state index < -0.39 is 0 Å². The maximum absolute atomic E-state index is 3.44. The van der Waals surface area contributed by atoms with E-state index in [0.29, 0.717) is 6.04 Å². The Bertz CT molecular complexity index is 575. The van der Waals surface area contributed by atoms with E-state index in [0.717, 1.165) is 11.8 Å². The minimum absolute atomic E-state index is 0.705. The molecule has 0 amide bonds. The quantitative estimate of drug-likeness (QED) is 0.784. The maximum atomic E-state index is 3.44. The van der Waals surface area contributed by atoms with Gasteiger partial charge in [-0.15, -0.1) is 0 Å². The van der Waals surface area contributed by atoms with E-state index in [2.05, 4.69) is 49.5 Å². The predicted octanol–water partition coefficient (Wildman–Crippen LogP) is 3.23. The molecule has 1 nitrogen and oxygen atoms in total. The lowest BCUT2D eigenvalue weighted by Crippen LogP contribution is -2.05. The van der Waals surface area contributed by atoms with Gasteiger partial charge in [0, 0.05) is 12.6 Å². The molecule has 1 aliphatic heterocycles. The van der Waals surface area contributed by atoms with Gasteiger partial charge in [0.1, 0.15) is 0 Å². The van der Waals surface area contributed by atoms with Gasteiger partial charge in [-0.05, 0) is 54.4 Å². The van der Waals surface area contributed by atoms with Crippen LogP contribution in [0, 0.1) is 25.7 Å². The molecular formula is C17H19N. The van der Waals surface area contributed by atoms with Crippen molar-refractivity contribution in [2.75, 3.05) is 6.54 Å². The monoisotopic (exact) mass is 237 g/mol. The third kappa shape index (κ3) is 1.58. The molecule has 3 aliphatic rings. The van der Waals surface area contributed by atoms with Gasteiger partial charge in [-0.25, -0.2) is 0 Å². The maximum Gasteiger partial charge on any atom is 0.0412 e. The van der Waals surface area contributed by atoms with Gasteiger partial charge < -0.3 is 5.32 Å². The van der Waals surface area contributed by atoms with E-state index in [1.807, 2.05) is 0 Å². The van der Waals surface area contributed by atoms with Gasteiger partial charge >= 0.3 is 0 Å². The number of allylic oxidation sites excluding steroid dienone is 3. The van der Waals surface area contributed by atoms with Gasteiger partial charge in [0.15, 0.2) is 0 Å². The Morgan fingerprint density at radius 2 is 1.94 bits per heavy atom. The molecule has 0 radical (unpaired) electrons. The average molecular weight is 237 g/mol. The van der Waals surface area contributed by atoms with Crippen molar-refractivity contribution in [3.63, 3.8) is 0 Å². The second-order valence-electron chi connectivity index (χ2n) is 6.02. The van der Waals surface area contributed by atoms with Crippen molar-refractivity contribution in [1.29, 1.82) is 0 Å². The highest BCUT2D eigenvalue weighted by Gasteiger charge is 2.48. The van der Waals surface area contributed by atoms with E-state index in [9.17, 15) is 0 Å². The van der Waals surface area contributed by atoms with Gasteiger partial charge in [0.05, 0.1) is 0 Å². The Labute approximate surface area is 109 Å². The first-order valence-electron chi connectivity index (χ1n) is 6.97. The van der Waals surface area contributed by atoms with Crippen LogP contribution in [0.4, 0.5) is 0 Å². The van der Waals surface area contributed by atoms with Crippen molar-refractivity contribution in [2.45, 2.75) is 26.3 Å². The lowest BCUT2D eigenvalue weighted by atomic mass is 9.89. The SMILES string of the molecule is Cc1ccc(C)c(C2=CC=C(C3CN3)C3CC23)c1. The lowest BCUT2D eigenvalue weighted by molar-refractivity contribution is 0.863. The molecule has 2 aliphatic carbocycles. The van der Waals surface area contributed by atoms with Crippen LogP contribution in [-0.2, 0) is 0 Å². The van der Waals surface area contributed by atoms with E-state index in [-0.39, 0.29) is 0 Å². The van der Waals surface area contributed by atoms with Crippen molar-refractivity contribution in [3.05, 3.63) is 52.6 Å². The Morgan fingerprint density at radius 1 is 1.11 bits per heavy atom. The largest absolute Gasteiger partial charge is 0.307 e. The second-order valence-corrected chi connectivity index (χ2v) is 6.02. The number of hydrogen-bond donors (Lipinski definition) is 1. The van der Waals surface area contributed by atoms with Crippen LogP contribution in [0.2, 0.25) is 0 Å². The summed E-state index contributed by atoms with van der Waals surface area (Å²) in [7, 11) is 0. The summed E-state index contributed by atoms with van der Waals surface area (Å²) in [5.74, 6) is 1.64. The zero-order valence-corrected chi connectivity index (χ0v) is 11.0. The van der Waals surface area contributed by atoms with Crippen LogP contribution in [0.1, 0.15) is 23.1 Å². The third-order valence-corrected chi connectivity index (χ3v) is 4.59. The van der Waals surface area contributed by atoms with E-state index >= 15 is 0 Å². The zero-order chi connectivity index (χ0) is 12.3. The average Bonchev–Trinajstić information content (AvgIpc) is 3.24. The fourth-order valence-electron chi connectivity index (χ4n) is 3.35. The summed E-state index contributed by atoms with van der Waals surface area (Å²) >= 11 is 0. The number of aryl methyl sites for hydroxylation is 2. The van der Waals surface area contributed by atoms with Gasteiger partial charge in [0.25, 0.3) is 0 Å². The van der Waals surface area contributed by atoms with Crippen LogP contribution in [0.25, 0.3) is 5.57 Å². The molecule has 1 heteroatoms. The van der Waals surface area contributed by atoms with Crippen molar-refractivity contribution < 1.29 is 0 Å². The molecule has 18 heavy (non-hydrogen) atoms. The Hall–Kier alpha value is -1.34. The van der Waals surface area contributed by atoms with Crippen molar-refractivity contribution in [1.82, 2.24) is 5.32 Å². The number of fused-ring (bicyclic) bond motifs is 1. The molecule has 1 saturated heterocycles. The van der Waals surface area contributed by atoms with Gasteiger partial charge in [0.2, 0.25) is 0 Å². The fourth-order valence-corrected chi connectivity index (χ4v) is 3.35. The number of rotatable bonds is 2. The topological polar surface area (TPSA) is 21.9 Å². The molecular weight excluding hydrogens is 218 g/mol. The second kappa shape index (κ2) is 3.58. The number of nitrogens with one attached hydrogen (secondary N) is 1. The van der Waals surface area contributed by atoms with Gasteiger partial charge in [-0.2, -0.15) is 0 Å². The molecule has 0 aromatic heterocycles. The summed E-state index contributed by atoms with van der Waals surface area (Å²) in [6.45, 7) is 5.61. The number of benzene rings is 1. The molecule has 2 fully saturated rings. The summed E-state index contributed by atoms with van der Waals surface area (Å²) < 4.78 is 0. The molecule has 1 N–H and O–H groups in total. The van der Waals surface area contributed by atoms with Crippen LogP contribution in [0.15, 0.2) is 35.9 Å². The van der Waals surface area contributed by atoms with Crippen molar-refractivity contribution in [3.8, 4) is 0 Å². The van der Waals surface area contributed by atoms with Crippen molar-refractivity contribution >= 4 is 5.57 Å². The first-order chi connectivity index (χ1) is 8.74. The zero-order valence-electron chi connectivity index (χ0n) is 11.0. The third-order valence-electron chi connectivity index (χ3n) is 4.59. The molecule has 92 valence electrons. The molecule has 3 unspecified atom stereocenters. The first kappa shape index (κ1) is 10.6. The number of hydrogen-bond acceptors (Lipinski definition) is 1. The highest BCUT2D eigenvalue weighted by atomic mass is 15.1. The minimum atomic E-state index is 0.705. The summed E-state index contributed by atoms with van der Waals surface area (Å²) in [6.07, 6.45) is 6.13. The Morgan fingerprint density at radius 3 is 2.72 bits per heavy atom. The smallest absolute Gasteiger partial charge is 0.0412 e. The van der Waals surface area contributed by atoms with Crippen LogP contribution in [-0.4, -0.2) is 12.6 Å². The molecule has 1 aromatic rings. The standard InChI is InChI=1S/C17H19N/c1-10-3-4-11(2)14(7-10)12-5-6-13(17-9-18-17)16-8-15(12)16/h3-7,15-18H,8-9H2,1-2H3. The Kier molecular flexibility index (Phi) is 2.10. The van der Waals surface area contributed by atoms with E-state index in [4.69, 9.17) is 0 Å². The highest BCUT2D eigenvalue weighted by molar-refractivity contribution is 5.76. The van der Waals surface area contributed by atoms with Crippen molar-refractivity contribution in [2.24, 2.45) is 11.8 Å². The first-order valence-corrected chi connectivity index (χ1v) is 6.97. The lowest BCUT2D eigenvalue weighted by Gasteiger charge is -2.16. The van der Waals surface area contributed by atoms with Crippen LogP contribution >= 0.6 is 0 Å².